The van der Waals surface area contributed by atoms with Gasteiger partial charge in [0.15, 0.2) is 5.75 Å². The zero-order valence-electron chi connectivity index (χ0n) is 11.7. The van der Waals surface area contributed by atoms with Gasteiger partial charge in [-0.15, -0.1) is 0 Å². The van der Waals surface area contributed by atoms with Crippen LogP contribution in [0.1, 0.15) is 26.7 Å². The molecular formula is C14H17NO5. The van der Waals surface area contributed by atoms with Crippen LogP contribution in [0.4, 0.5) is 5.69 Å². The van der Waals surface area contributed by atoms with Crippen molar-refractivity contribution in [1.29, 1.82) is 0 Å². The van der Waals surface area contributed by atoms with Crippen LogP contribution in [0.15, 0.2) is 18.2 Å². The Kier molecular flexibility index (Phi) is 3.65. The molecule has 0 amide bonds. The topological polar surface area (TPSA) is 78.7 Å². The second kappa shape index (κ2) is 5.11. The van der Waals surface area contributed by atoms with Gasteiger partial charge in [-0.25, -0.2) is 0 Å². The number of methoxy groups -OCH3 is 1. The van der Waals surface area contributed by atoms with Crippen LogP contribution in [0.25, 0.3) is 0 Å². The molecule has 1 aromatic carbocycles. The van der Waals surface area contributed by atoms with Gasteiger partial charge in [-0.05, 0) is 25.5 Å². The number of nitro benzene ring substituents is 1. The van der Waals surface area contributed by atoms with Gasteiger partial charge in [0.25, 0.3) is 0 Å². The first-order chi connectivity index (χ1) is 9.42. The van der Waals surface area contributed by atoms with Crippen molar-refractivity contribution in [2.24, 2.45) is 5.41 Å². The highest BCUT2D eigenvalue weighted by Crippen LogP contribution is 2.44. The minimum atomic E-state index is -0.548. The molecule has 0 heterocycles. The summed E-state index contributed by atoms with van der Waals surface area (Å²) in [5, 5.41) is 11.1. The minimum Gasteiger partial charge on any atom is -0.496 e. The molecule has 0 spiro atoms. The molecule has 1 aliphatic rings. The van der Waals surface area contributed by atoms with E-state index in [0.29, 0.717) is 18.6 Å². The van der Waals surface area contributed by atoms with Crippen molar-refractivity contribution < 1.29 is 19.2 Å². The molecule has 2 atom stereocenters. The van der Waals surface area contributed by atoms with Gasteiger partial charge in [-0.2, -0.15) is 0 Å². The van der Waals surface area contributed by atoms with Gasteiger partial charge in [0.1, 0.15) is 17.6 Å². The fourth-order valence-electron chi connectivity index (χ4n) is 2.29. The Hall–Kier alpha value is -2.11. The maximum atomic E-state index is 11.7. The van der Waals surface area contributed by atoms with Crippen LogP contribution in [-0.4, -0.2) is 23.9 Å². The summed E-state index contributed by atoms with van der Waals surface area (Å²) >= 11 is 0. The van der Waals surface area contributed by atoms with E-state index in [4.69, 9.17) is 9.47 Å². The quantitative estimate of drug-likeness (QED) is 0.611. The number of ketones is 1. The van der Waals surface area contributed by atoms with Gasteiger partial charge in [0, 0.05) is 6.42 Å². The molecule has 6 heteroatoms. The summed E-state index contributed by atoms with van der Waals surface area (Å²) < 4.78 is 10.7. The number of ether oxygens (including phenoxy) is 2. The average molecular weight is 279 g/mol. The van der Waals surface area contributed by atoms with Gasteiger partial charge in [0.2, 0.25) is 0 Å². The molecule has 108 valence electrons. The van der Waals surface area contributed by atoms with E-state index in [-0.39, 0.29) is 23.3 Å². The van der Waals surface area contributed by atoms with Crippen molar-refractivity contribution in [1.82, 2.24) is 0 Å². The largest absolute Gasteiger partial charge is 0.496 e. The van der Waals surface area contributed by atoms with Crippen molar-refractivity contribution in [3.05, 3.63) is 28.3 Å². The molecule has 20 heavy (non-hydrogen) atoms. The first-order valence-electron chi connectivity index (χ1n) is 6.44. The Bertz CT molecular complexity index is 556. The molecule has 0 aliphatic heterocycles. The molecule has 1 aromatic rings. The third-order valence-electron chi connectivity index (χ3n) is 4.08. The van der Waals surface area contributed by atoms with Crippen LogP contribution in [0.2, 0.25) is 0 Å². The normalized spacial score (nSPS) is 24.9. The number of Topliss-reactive ketones (excluding diaryl/α,β-unsaturated/α-hetero) is 1. The zero-order valence-corrected chi connectivity index (χ0v) is 11.7. The Morgan fingerprint density at radius 1 is 1.50 bits per heavy atom. The van der Waals surface area contributed by atoms with Crippen molar-refractivity contribution >= 4 is 11.5 Å². The monoisotopic (exact) mass is 279 g/mol. The van der Waals surface area contributed by atoms with E-state index >= 15 is 0 Å². The molecular weight excluding hydrogens is 262 g/mol. The number of rotatable bonds is 5. The molecule has 0 bridgehead atoms. The summed E-state index contributed by atoms with van der Waals surface area (Å²) in [6, 6.07) is 4.43. The van der Waals surface area contributed by atoms with Gasteiger partial charge in [0.05, 0.1) is 23.5 Å². The van der Waals surface area contributed by atoms with E-state index in [1.807, 2.05) is 13.8 Å². The number of carbonyl (C=O) groups is 1. The lowest BCUT2D eigenvalue weighted by molar-refractivity contribution is -0.386. The summed E-state index contributed by atoms with van der Waals surface area (Å²) in [6.45, 7) is 3.74. The van der Waals surface area contributed by atoms with Crippen molar-refractivity contribution in [2.45, 2.75) is 32.8 Å². The van der Waals surface area contributed by atoms with E-state index in [2.05, 4.69) is 0 Å². The van der Waals surface area contributed by atoms with E-state index in [1.54, 1.807) is 6.07 Å². The van der Waals surface area contributed by atoms with Gasteiger partial charge in [-0.1, -0.05) is 6.92 Å². The molecule has 1 aliphatic carbocycles. The molecule has 0 saturated heterocycles. The predicted octanol–water partition coefficient (Wildman–Crippen LogP) is 2.74. The fraction of sp³-hybridized carbons (Fsp3) is 0.500. The maximum Gasteiger partial charge on any atom is 0.314 e. The summed E-state index contributed by atoms with van der Waals surface area (Å²) in [7, 11) is 1.44. The number of carbonyl (C=O) groups excluding carboxylic acids is 1. The van der Waals surface area contributed by atoms with E-state index in [9.17, 15) is 14.9 Å². The maximum absolute atomic E-state index is 11.7. The smallest absolute Gasteiger partial charge is 0.314 e. The third kappa shape index (κ3) is 2.21. The van der Waals surface area contributed by atoms with Crippen molar-refractivity contribution in [2.75, 3.05) is 7.11 Å². The summed E-state index contributed by atoms with van der Waals surface area (Å²) in [4.78, 5) is 22.2. The van der Waals surface area contributed by atoms with E-state index in [0.717, 1.165) is 0 Å². The van der Waals surface area contributed by atoms with Crippen LogP contribution >= 0.6 is 0 Å². The number of hydrogen-bond acceptors (Lipinski definition) is 5. The van der Waals surface area contributed by atoms with Gasteiger partial charge < -0.3 is 9.47 Å². The summed E-state index contributed by atoms with van der Waals surface area (Å²) in [5.74, 6) is 0.709. The molecule has 6 nitrogen and oxygen atoms in total. The molecule has 2 unspecified atom stereocenters. The number of nitro groups is 1. The highest BCUT2D eigenvalue weighted by molar-refractivity contribution is 5.92. The third-order valence-corrected chi connectivity index (χ3v) is 4.08. The summed E-state index contributed by atoms with van der Waals surface area (Å²) in [6.07, 6.45) is 0.639. The van der Waals surface area contributed by atoms with Crippen LogP contribution in [-0.2, 0) is 4.79 Å². The average Bonchev–Trinajstić information content (AvgIpc) is 2.45. The lowest BCUT2D eigenvalue weighted by Crippen LogP contribution is -2.54. The highest BCUT2D eigenvalue weighted by atomic mass is 16.6. The minimum absolute atomic E-state index is 0.140. The van der Waals surface area contributed by atoms with Crippen molar-refractivity contribution in [3.8, 4) is 11.5 Å². The van der Waals surface area contributed by atoms with Crippen LogP contribution in [0.5, 0.6) is 11.5 Å². The molecule has 2 rings (SSSR count). The number of hydrogen-bond donors (Lipinski definition) is 0. The summed E-state index contributed by atoms with van der Waals surface area (Å²) in [5.41, 5.74) is -0.699. The Morgan fingerprint density at radius 3 is 2.70 bits per heavy atom. The highest BCUT2D eigenvalue weighted by Gasteiger charge is 2.52. The molecule has 1 fully saturated rings. The van der Waals surface area contributed by atoms with Crippen LogP contribution in [0, 0.1) is 15.5 Å². The Balaban J connectivity index is 2.26. The standard InChI is InChI=1S/C14H17NO5/c1-4-14(2)12(16)8-13(14)20-11-6-5-9(19-3)7-10(11)15(17)18/h5-7,13H,4,8H2,1-3H3. The first kappa shape index (κ1) is 14.3. The molecule has 1 saturated carbocycles. The molecule has 0 radical (unpaired) electrons. The lowest BCUT2D eigenvalue weighted by Gasteiger charge is -2.44. The Morgan fingerprint density at radius 2 is 2.20 bits per heavy atom. The van der Waals surface area contributed by atoms with E-state index < -0.39 is 10.3 Å². The van der Waals surface area contributed by atoms with Crippen molar-refractivity contribution in [3.63, 3.8) is 0 Å². The number of nitrogens with zero attached hydrogens (tertiary/aromatic N) is 1. The lowest BCUT2D eigenvalue weighted by atomic mass is 9.64. The van der Waals surface area contributed by atoms with Gasteiger partial charge >= 0.3 is 5.69 Å². The van der Waals surface area contributed by atoms with Crippen LogP contribution < -0.4 is 9.47 Å². The fourth-order valence-corrected chi connectivity index (χ4v) is 2.29. The zero-order chi connectivity index (χ0) is 14.9. The second-order valence-corrected chi connectivity index (χ2v) is 5.10. The first-order valence-corrected chi connectivity index (χ1v) is 6.44. The van der Waals surface area contributed by atoms with Gasteiger partial charge in [-0.3, -0.25) is 14.9 Å². The predicted molar refractivity (Wildman–Crippen MR) is 72.1 cm³/mol. The number of benzene rings is 1. The van der Waals surface area contributed by atoms with Crippen LogP contribution in [0.3, 0.4) is 0 Å². The van der Waals surface area contributed by atoms with E-state index in [1.165, 1.54) is 19.2 Å². The molecule has 0 aromatic heterocycles. The SMILES string of the molecule is CCC1(C)C(=O)CC1Oc1ccc(OC)cc1[N+](=O)[O-]. The Labute approximate surface area is 116 Å². The molecule has 0 N–H and O–H groups in total. The second-order valence-electron chi connectivity index (χ2n) is 5.10.